The maximum Gasteiger partial charge on any atom is 0.411 e. The minimum Gasteiger partial charge on any atom is -0.492 e. The van der Waals surface area contributed by atoms with Gasteiger partial charge in [-0.3, -0.25) is 29.3 Å². The quantitative estimate of drug-likeness (QED) is 0.00603. The van der Waals surface area contributed by atoms with Gasteiger partial charge >= 0.3 is 24.4 Å². The van der Waals surface area contributed by atoms with Gasteiger partial charge in [-0.1, -0.05) is 101 Å². The van der Waals surface area contributed by atoms with Crippen molar-refractivity contribution in [2.75, 3.05) is 99.0 Å². The van der Waals surface area contributed by atoms with Gasteiger partial charge in [0, 0.05) is 62.7 Å². The molecule has 24 atom stereocenters. The molecule has 42 heteroatoms. The molecule has 4 aliphatic heterocycles. The molecule has 1 saturated carbocycles. The van der Waals surface area contributed by atoms with Gasteiger partial charge in [0.2, 0.25) is 29.0 Å². The molecule has 2 aromatic carbocycles. The lowest BCUT2D eigenvalue weighted by Crippen LogP contribution is -2.65. The summed E-state index contributed by atoms with van der Waals surface area (Å²) in [5, 5.41) is 70.9. The topological polar surface area (TPSA) is 470 Å². The first-order chi connectivity index (χ1) is 61.8. The second-order valence-corrected chi connectivity index (χ2v) is 38.6. The van der Waals surface area contributed by atoms with Crippen molar-refractivity contribution in [2.24, 2.45) is 23.7 Å². The zero-order valence-electron chi connectivity index (χ0n) is 74.3. The minimum atomic E-state index is -2.15. The first-order valence-electron chi connectivity index (χ1n) is 42.5. The number of ether oxygens (including phenoxy) is 16. The molecule has 4 aliphatic carbocycles. The number of rotatable bonds is 38. The number of halogens is 1. The highest BCUT2D eigenvalue weighted by atomic mass is 127. The Balaban J connectivity index is 0.767. The van der Waals surface area contributed by atoms with Crippen LogP contribution in [0.15, 0.2) is 71.5 Å². The molecule has 8 aliphatic rings. The van der Waals surface area contributed by atoms with Gasteiger partial charge < -0.3 is 127 Å². The lowest BCUT2D eigenvalue weighted by atomic mass is 9.75. The monoisotopic (exact) mass is 2000 g/mol. The van der Waals surface area contributed by atoms with E-state index < -0.39 is 187 Å². The third kappa shape index (κ3) is 27.1. The highest BCUT2D eigenvalue weighted by Crippen LogP contribution is 2.53. The molecule has 4 saturated heterocycles. The fourth-order valence-corrected chi connectivity index (χ4v) is 20.4. The lowest BCUT2D eigenvalue weighted by Gasteiger charge is -2.47. The summed E-state index contributed by atoms with van der Waals surface area (Å²) in [6.07, 6.45) is -7.92. The van der Waals surface area contributed by atoms with Crippen LogP contribution in [0.1, 0.15) is 115 Å². The maximum absolute atomic E-state index is 14.7. The van der Waals surface area contributed by atoms with Crippen LogP contribution in [0.3, 0.4) is 0 Å². The molecule has 11 N–H and O–H groups in total. The first kappa shape index (κ1) is 104. The average Bonchev–Trinajstić information content (AvgIpc) is 1.19. The fourth-order valence-electron chi connectivity index (χ4n) is 16.2. The Morgan fingerprint density at radius 3 is 2.14 bits per heavy atom. The van der Waals surface area contributed by atoms with E-state index in [0.29, 0.717) is 44.7 Å². The molecule has 37 nitrogen and oxygen atoms in total. The van der Waals surface area contributed by atoms with Crippen LogP contribution in [0.4, 0.5) is 24.9 Å². The smallest absolute Gasteiger partial charge is 0.411 e. The number of hydroxylamine groups is 1. The molecule has 4 heterocycles. The SMILES string of the molecule is CCN(C(=O)OCc1ccc(NC(=O)[C@H](C)NC(=O)[C@@H](NC(=O)OCCOCCNC(=O)OC[C@@H]2[C@@H]3CC/C=C\CC[C@@H]32)C(C)C)cc1)[C@H]1CO[C@@H](OC2C(O)[C@H](NO[C@H]3C[C@@H](O)[C@H](SC(=O)c4c(C)c(I)c(O[C@@H]5OC(C)[C@H](O)C(OC)[C@@H]5O)c(OC)c4OC)C(C)O3)C(C)O[C@H]2O[C@H]2C#C/C=C\C#C[C@@]3(O)CC(=O)C(NC(=O)OC)=C2/C3=C\CSSSC)CC1OC. The summed E-state index contributed by atoms with van der Waals surface area (Å²) in [4.78, 5) is 116. The van der Waals surface area contributed by atoms with Gasteiger partial charge in [0.05, 0.1) is 117 Å². The number of hydrogen-bond donors (Lipinski definition) is 11. The van der Waals surface area contributed by atoms with Crippen molar-refractivity contribution >= 4 is 119 Å². The Morgan fingerprint density at radius 1 is 0.760 bits per heavy atom. The van der Waals surface area contributed by atoms with E-state index in [1.54, 1.807) is 78.8 Å². The second kappa shape index (κ2) is 49.7. The number of carbonyl (C=O) groups excluding carboxylic acids is 8. The number of anilines is 1. The largest absolute Gasteiger partial charge is 0.492 e. The molecule has 7 unspecified atom stereocenters. The number of likely N-dealkylation sites (N-methyl/N-ethyl adjacent to an activating group) is 1. The summed E-state index contributed by atoms with van der Waals surface area (Å²) in [5.41, 5.74) is 1.75. The molecule has 129 heavy (non-hydrogen) atoms. The summed E-state index contributed by atoms with van der Waals surface area (Å²) < 4.78 is 95.7. The summed E-state index contributed by atoms with van der Waals surface area (Å²) in [6.45, 7) is 13.4. The van der Waals surface area contributed by atoms with E-state index >= 15 is 0 Å². The van der Waals surface area contributed by atoms with Crippen LogP contribution in [0.5, 0.6) is 17.2 Å². The molecule has 0 aromatic heterocycles. The summed E-state index contributed by atoms with van der Waals surface area (Å²) in [7, 11) is 10.9. The van der Waals surface area contributed by atoms with Crippen molar-refractivity contribution in [3.8, 4) is 40.9 Å². The molecule has 5 fully saturated rings. The van der Waals surface area contributed by atoms with E-state index in [1.807, 2.05) is 28.8 Å². The van der Waals surface area contributed by atoms with E-state index in [-0.39, 0.29) is 104 Å². The zero-order valence-corrected chi connectivity index (χ0v) is 79.7. The normalized spacial score (nSPS) is 30.7. The molecule has 712 valence electrons. The number of thioether (sulfide) groups is 1. The number of ketones is 1. The van der Waals surface area contributed by atoms with Crippen molar-refractivity contribution in [3.05, 3.63) is 91.7 Å². The molecule has 2 bridgehead atoms. The number of nitrogens with zero attached hydrogens (tertiary/aromatic N) is 1. The van der Waals surface area contributed by atoms with E-state index in [0.717, 1.165) is 44.6 Å². The van der Waals surface area contributed by atoms with Gasteiger partial charge in [-0.2, -0.15) is 5.48 Å². The van der Waals surface area contributed by atoms with Crippen molar-refractivity contribution in [1.82, 2.24) is 31.6 Å². The minimum absolute atomic E-state index is 0.00399. The average molecular weight is 2000 g/mol. The Hall–Kier alpha value is -7.23. The predicted octanol–water partition coefficient (Wildman–Crippen LogP) is 7.18. The van der Waals surface area contributed by atoms with Crippen LogP contribution in [0.2, 0.25) is 0 Å². The van der Waals surface area contributed by atoms with Crippen molar-refractivity contribution in [3.63, 3.8) is 0 Å². The van der Waals surface area contributed by atoms with E-state index in [2.05, 4.69) is 67.9 Å². The van der Waals surface area contributed by atoms with Crippen molar-refractivity contribution in [2.45, 2.75) is 234 Å². The van der Waals surface area contributed by atoms with Gasteiger partial charge in [-0.15, -0.1) is 0 Å². The Labute approximate surface area is 779 Å². The maximum atomic E-state index is 14.7. The fraction of sp³-hybridized carbons (Fsp3) is 0.632. The Kier molecular flexibility index (Phi) is 40.0. The number of allylic oxidation sites excluding steroid dienone is 5. The van der Waals surface area contributed by atoms with Crippen molar-refractivity contribution in [1.29, 1.82) is 0 Å². The number of nitrogens with one attached hydrogen (secondary N) is 6. The van der Waals surface area contributed by atoms with E-state index in [4.69, 9.17) is 80.6 Å². The second-order valence-electron chi connectivity index (χ2n) is 32.0. The standard InChI is InChI=1S/C87H118IN7O30S4/c1-15-95(86(107)118-41-50-27-29-51(30-28-50)91-78(101)46(5)90-79(102)66(44(2)3)92-85(106)115-36-35-114-34-33-89-83(104)117-42-54-52-24-20-16-17-21-25-53(52)54)56-43-116-61(39-60(56)109-9)123-75-70(99)67(47(6)120-82(75)122-59-26-22-18-19-23-32-87(108)40-58(97)68(93-84(105)113-13)64(59)55(87)31-37-127-129-126-14)94-125-62-38-57(96)77(49(8)119-62)128-80(103)63-45(4)65(88)73(76(112-12)72(63)110-10)124-81-71(100)74(111-11)69(98)48(7)121-81/h16-19,27-31,44,46-49,52-54,56-57,59-62,66-67,69-71,74-75,77,81-82,94,96,98-100,108H,15,20-21,24-25,33-43H2,1-14H3,(H,89,104)(H,90,102)(H,91,101)(H,92,106)(H,93,105)/b17-16-,19-18-,55-31+/t46-,47?,48?,49?,52-,53+,54-,56-,57+,59-,60?,61-,62-,66-,67+,69-,70?,71-,74?,75?,77+,81-,82-,87+/m0/s1. The highest BCUT2D eigenvalue weighted by Gasteiger charge is 2.54. The number of carbonyl (C=O) groups is 8. The van der Waals surface area contributed by atoms with Crippen molar-refractivity contribution < 1.29 is 145 Å². The number of fused-ring (bicyclic) bond motifs is 3. The van der Waals surface area contributed by atoms with Gasteiger partial charge in [0.1, 0.15) is 61.9 Å². The molecule has 0 spiro atoms. The number of aliphatic hydroxyl groups is 5. The molecule has 6 amide bonds. The lowest BCUT2D eigenvalue weighted by molar-refractivity contribution is -0.337. The van der Waals surface area contributed by atoms with Gasteiger partial charge in [0.15, 0.2) is 41.8 Å². The van der Waals surface area contributed by atoms with Crippen LogP contribution in [0, 0.1) is 57.8 Å². The Bertz CT molecular complexity index is 4450. The number of benzene rings is 2. The van der Waals surface area contributed by atoms with Crippen LogP contribution in [-0.2, 0) is 87.4 Å². The number of alkyl carbamates (subject to hydrolysis) is 3. The zero-order chi connectivity index (χ0) is 93.5. The molecule has 10 rings (SSSR count). The summed E-state index contributed by atoms with van der Waals surface area (Å²) in [5.74, 6) is 11.0. The summed E-state index contributed by atoms with van der Waals surface area (Å²) >= 11 is 2.76. The van der Waals surface area contributed by atoms with Gasteiger partial charge in [-0.25, -0.2) is 19.2 Å². The predicted molar refractivity (Wildman–Crippen MR) is 483 cm³/mol. The van der Waals surface area contributed by atoms with Crippen LogP contribution < -0.4 is 46.3 Å². The van der Waals surface area contributed by atoms with Gasteiger partial charge in [0.25, 0.3) is 0 Å². The number of methoxy groups -OCH3 is 5. The van der Waals surface area contributed by atoms with E-state index in [1.165, 1.54) is 83.8 Å². The number of amides is 6. The first-order valence-corrected chi connectivity index (χ1v) is 48.5. The third-order valence-electron chi connectivity index (χ3n) is 23.2. The molecular formula is C87H118IN7O30S4. The van der Waals surface area contributed by atoms with E-state index in [9.17, 15) is 63.9 Å². The Morgan fingerprint density at radius 2 is 1.47 bits per heavy atom. The third-order valence-corrected chi connectivity index (χ3v) is 29.6. The number of aliphatic hydroxyl groups excluding tert-OH is 4. The van der Waals surface area contributed by atoms with Crippen LogP contribution >= 0.6 is 65.8 Å². The number of hydrogen-bond acceptors (Lipinski definition) is 35. The molecule has 2 aromatic rings. The molecular weight excluding hydrogens is 1880 g/mol. The van der Waals surface area contributed by atoms with Crippen LogP contribution in [0.25, 0.3) is 0 Å². The van der Waals surface area contributed by atoms with Crippen LogP contribution in [-0.4, -0.2) is 299 Å². The molecule has 0 radical (unpaired) electrons. The number of Topliss-reactive ketones (excluding diaryl/α,β-unsaturated/α-hetero) is 1. The summed E-state index contributed by atoms with van der Waals surface area (Å²) in [6, 6.07) is 2.27. The van der Waals surface area contributed by atoms with Gasteiger partial charge in [-0.05, 0) is 165 Å². The highest BCUT2D eigenvalue weighted by molar-refractivity contribution is 14.1.